The summed E-state index contributed by atoms with van der Waals surface area (Å²) < 4.78 is 5.14. The number of aromatic amines is 1. The van der Waals surface area contributed by atoms with Gasteiger partial charge in [0.15, 0.2) is 5.16 Å². The van der Waals surface area contributed by atoms with E-state index in [0.717, 1.165) is 11.3 Å². The molecule has 6 nitrogen and oxygen atoms in total. The minimum Gasteiger partial charge on any atom is -0.462 e. The number of nitrogen functional groups attached to an aromatic ring is 1. The first-order valence-corrected chi connectivity index (χ1v) is 6.62. The summed E-state index contributed by atoms with van der Waals surface area (Å²) in [6.45, 7) is 2.33. The van der Waals surface area contributed by atoms with Crippen LogP contribution < -0.4 is 5.73 Å². The number of esters is 1. The maximum atomic E-state index is 12.0. The van der Waals surface area contributed by atoms with Gasteiger partial charge >= 0.3 is 5.97 Å². The van der Waals surface area contributed by atoms with Crippen molar-refractivity contribution in [3.05, 3.63) is 30.1 Å². The van der Waals surface area contributed by atoms with Crippen LogP contribution in [0.5, 0.6) is 0 Å². The zero-order chi connectivity index (χ0) is 13.7. The Labute approximate surface area is 114 Å². The molecule has 0 spiro atoms. The highest BCUT2D eigenvalue weighted by molar-refractivity contribution is 7.99. The lowest BCUT2D eigenvalue weighted by Gasteiger charge is -2.08. The number of hydrogen-bond donors (Lipinski definition) is 2. The molecule has 0 fully saturated rings. The molecule has 0 saturated carbocycles. The second-order valence-corrected chi connectivity index (χ2v) is 4.81. The van der Waals surface area contributed by atoms with Crippen molar-refractivity contribution in [3.63, 3.8) is 0 Å². The quantitative estimate of drug-likeness (QED) is 0.642. The number of aromatic nitrogens is 3. The van der Waals surface area contributed by atoms with Gasteiger partial charge in [0.1, 0.15) is 6.33 Å². The summed E-state index contributed by atoms with van der Waals surface area (Å²) in [6.07, 6.45) is 2.19. The second kappa shape index (κ2) is 6.24. The largest absolute Gasteiger partial charge is 0.462 e. The highest BCUT2D eigenvalue weighted by Gasteiger charge is 2.15. The van der Waals surface area contributed by atoms with Gasteiger partial charge in [0.05, 0.1) is 12.2 Å². The Balaban J connectivity index is 2.24. The van der Waals surface area contributed by atoms with E-state index in [1.165, 1.54) is 18.1 Å². The van der Waals surface area contributed by atoms with Crippen molar-refractivity contribution in [1.82, 2.24) is 15.2 Å². The van der Waals surface area contributed by atoms with Gasteiger partial charge in [0, 0.05) is 10.6 Å². The Morgan fingerprint density at radius 2 is 2.37 bits per heavy atom. The molecule has 1 aromatic heterocycles. The van der Waals surface area contributed by atoms with Gasteiger partial charge in [-0.2, -0.15) is 5.10 Å². The Morgan fingerprint density at radius 1 is 1.53 bits per heavy atom. The topological polar surface area (TPSA) is 93.9 Å². The van der Waals surface area contributed by atoms with Crippen LogP contribution >= 0.6 is 11.8 Å². The van der Waals surface area contributed by atoms with Gasteiger partial charge in [-0.05, 0) is 36.4 Å². The predicted molar refractivity (Wildman–Crippen MR) is 71.9 cm³/mol. The van der Waals surface area contributed by atoms with Crippen LogP contribution in [0.2, 0.25) is 0 Å². The highest BCUT2D eigenvalue weighted by Crippen LogP contribution is 2.29. The first kappa shape index (κ1) is 13.4. The van der Waals surface area contributed by atoms with E-state index >= 15 is 0 Å². The van der Waals surface area contributed by atoms with Gasteiger partial charge in [-0.1, -0.05) is 6.92 Å². The van der Waals surface area contributed by atoms with Crippen molar-refractivity contribution in [2.75, 3.05) is 12.3 Å². The van der Waals surface area contributed by atoms with Crippen LogP contribution in [0, 0.1) is 0 Å². The smallest absolute Gasteiger partial charge is 0.339 e. The van der Waals surface area contributed by atoms with Crippen LogP contribution in [-0.4, -0.2) is 27.8 Å². The van der Waals surface area contributed by atoms with Crippen LogP contribution in [0.15, 0.2) is 34.6 Å². The molecular weight excluding hydrogens is 264 g/mol. The van der Waals surface area contributed by atoms with E-state index in [1.54, 1.807) is 18.2 Å². The van der Waals surface area contributed by atoms with Crippen LogP contribution in [0.4, 0.5) is 5.69 Å². The molecule has 100 valence electrons. The molecule has 0 bridgehead atoms. The maximum Gasteiger partial charge on any atom is 0.339 e. The fourth-order valence-electron chi connectivity index (χ4n) is 1.42. The molecular formula is C12H14N4O2S. The number of carbonyl (C=O) groups excluding carboxylic acids is 1. The number of benzene rings is 1. The van der Waals surface area contributed by atoms with Gasteiger partial charge < -0.3 is 10.5 Å². The molecule has 7 heteroatoms. The van der Waals surface area contributed by atoms with Crippen LogP contribution in [0.1, 0.15) is 23.7 Å². The number of anilines is 1. The summed E-state index contributed by atoms with van der Waals surface area (Å²) in [5, 5.41) is 7.10. The van der Waals surface area contributed by atoms with Crippen LogP contribution in [0.25, 0.3) is 0 Å². The summed E-state index contributed by atoms with van der Waals surface area (Å²) in [5.41, 5.74) is 6.67. The molecule has 0 aliphatic heterocycles. The average molecular weight is 278 g/mol. The lowest BCUT2D eigenvalue weighted by molar-refractivity contribution is 0.0501. The zero-order valence-corrected chi connectivity index (χ0v) is 11.2. The van der Waals surface area contributed by atoms with Gasteiger partial charge in [-0.25, -0.2) is 9.78 Å². The molecule has 0 unspecified atom stereocenters. The number of carbonyl (C=O) groups is 1. The monoisotopic (exact) mass is 278 g/mol. The van der Waals surface area contributed by atoms with Crippen molar-refractivity contribution in [2.24, 2.45) is 0 Å². The van der Waals surface area contributed by atoms with E-state index in [4.69, 9.17) is 10.5 Å². The van der Waals surface area contributed by atoms with Crippen molar-refractivity contribution < 1.29 is 9.53 Å². The van der Waals surface area contributed by atoms with Gasteiger partial charge in [0.2, 0.25) is 0 Å². The molecule has 1 aromatic carbocycles. The third kappa shape index (κ3) is 3.47. The predicted octanol–water partition coefficient (Wildman–Crippen LogP) is 2.10. The van der Waals surface area contributed by atoms with E-state index in [2.05, 4.69) is 15.2 Å². The number of nitrogens with zero attached hydrogens (tertiary/aromatic N) is 2. The number of H-pyrrole nitrogens is 1. The number of nitrogens with one attached hydrogen (secondary N) is 1. The average Bonchev–Trinajstić information content (AvgIpc) is 2.91. The highest BCUT2D eigenvalue weighted by atomic mass is 32.2. The van der Waals surface area contributed by atoms with E-state index in [0.29, 0.717) is 23.0 Å². The Bertz CT molecular complexity index is 557. The standard InChI is InChI=1S/C12H14N4O2S/c1-2-5-18-11(17)9-6-8(13)3-4-10(9)19-12-14-7-15-16-12/h3-4,6-7H,2,5,13H2,1H3,(H,14,15,16). The molecule has 0 saturated heterocycles. The van der Waals surface area contributed by atoms with E-state index in [-0.39, 0.29) is 5.97 Å². The third-order valence-electron chi connectivity index (χ3n) is 2.26. The fraction of sp³-hybridized carbons (Fsp3) is 0.250. The first-order valence-electron chi connectivity index (χ1n) is 5.80. The molecule has 1 heterocycles. The Hall–Kier alpha value is -2.02. The lowest BCUT2D eigenvalue weighted by Crippen LogP contribution is -2.08. The summed E-state index contributed by atoms with van der Waals surface area (Å²) in [4.78, 5) is 16.7. The van der Waals surface area contributed by atoms with Crippen molar-refractivity contribution in [3.8, 4) is 0 Å². The molecule has 19 heavy (non-hydrogen) atoms. The number of rotatable bonds is 5. The summed E-state index contributed by atoms with van der Waals surface area (Å²) in [7, 11) is 0. The second-order valence-electron chi connectivity index (χ2n) is 3.78. The van der Waals surface area contributed by atoms with Crippen LogP contribution in [0.3, 0.4) is 0 Å². The molecule has 0 radical (unpaired) electrons. The number of nitrogens with two attached hydrogens (primary N) is 1. The summed E-state index contributed by atoms with van der Waals surface area (Å²) in [6, 6.07) is 5.11. The fourth-order valence-corrected chi connectivity index (χ4v) is 2.21. The van der Waals surface area contributed by atoms with Gasteiger partial charge in [-0.3, -0.25) is 5.10 Å². The molecule has 2 rings (SSSR count). The van der Waals surface area contributed by atoms with E-state index in [1.807, 2.05) is 6.92 Å². The SMILES string of the molecule is CCCOC(=O)c1cc(N)ccc1Sc1ncn[nH]1. The maximum absolute atomic E-state index is 12.0. The molecule has 0 aliphatic rings. The van der Waals surface area contributed by atoms with Crippen molar-refractivity contribution in [1.29, 1.82) is 0 Å². The third-order valence-corrected chi connectivity index (χ3v) is 3.23. The first-order chi connectivity index (χ1) is 9.20. The molecule has 0 aliphatic carbocycles. The zero-order valence-electron chi connectivity index (χ0n) is 10.4. The molecule has 0 amide bonds. The Morgan fingerprint density at radius 3 is 3.05 bits per heavy atom. The summed E-state index contributed by atoms with van der Waals surface area (Å²) >= 11 is 1.31. The van der Waals surface area contributed by atoms with Crippen molar-refractivity contribution in [2.45, 2.75) is 23.4 Å². The molecule has 3 N–H and O–H groups in total. The lowest BCUT2D eigenvalue weighted by atomic mass is 10.2. The van der Waals surface area contributed by atoms with E-state index < -0.39 is 0 Å². The molecule has 0 atom stereocenters. The van der Waals surface area contributed by atoms with Gasteiger partial charge in [0.25, 0.3) is 0 Å². The number of ether oxygens (including phenoxy) is 1. The van der Waals surface area contributed by atoms with E-state index in [9.17, 15) is 4.79 Å². The van der Waals surface area contributed by atoms with Crippen LogP contribution in [-0.2, 0) is 4.74 Å². The number of hydrogen-bond acceptors (Lipinski definition) is 6. The minimum atomic E-state index is -0.379. The Kier molecular flexibility index (Phi) is 4.40. The van der Waals surface area contributed by atoms with Gasteiger partial charge in [-0.15, -0.1) is 0 Å². The molecule has 2 aromatic rings. The normalized spacial score (nSPS) is 10.4. The summed E-state index contributed by atoms with van der Waals surface area (Å²) in [5.74, 6) is -0.379. The van der Waals surface area contributed by atoms with Crippen molar-refractivity contribution >= 4 is 23.4 Å². The minimum absolute atomic E-state index is 0.379.